The summed E-state index contributed by atoms with van der Waals surface area (Å²) in [5.74, 6) is -1.88. The van der Waals surface area contributed by atoms with Gasteiger partial charge in [0, 0.05) is 92.3 Å². The molecule has 1 saturated carbocycles. The number of H-pyrrole nitrogens is 1. The Bertz CT molecular complexity index is 2140. The van der Waals surface area contributed by atoms with E-state index < -0.39 is 63.6 Å². The molecular weight excluding hydrogens is 737 g/mol. The van der Waals surface area contributed by atoms with E-state index in [1.807, 2.05) is 31.9 Å². The van der Waals surface area contributed by atoms with Crippen LogP contribution in [-0.4, -0.2) is 137 Å². The van der Waals surface area contributed by atoms with Gasteiger partial charge >= 0.3 is 11.9 Å². The molecule has 2 aliphatic carbocycles. The minimum Gasteiger partial charge on any atom is -0.467 e. The number of ether oxygens (including phenoxy) is 3. The summed E-state index contributed by atoms with van der Waals surface area (Å²) in [5.41, 5.74) is -1.15. The number of hydrogen-bond acceptors (Lipinski definition) is 11. The van der Waals surface area contributed by atoms with Gasteiger partial charge in [0.15, 0.2) is 6.10 Å². The number of ketones is 1. The minimum absolute atomic E-state index is 0.0141. The minimum atomic E-state index is -2.26. The van der Waals surface area contributed by atoms with Gasteiger partial charge in [-0.3, -0.25) is 19.4 Å². The molecule has 12 heteroatoms. The van der Waals surface area contributed by atoms with E-state index in [2.05, 4.69) is 57.3 Å². The van der Waals surface area contributed by atoms with Crippen molar-refractivity contribution in [3.8, 4) is 0 Å². The molecule has 3 N–H and O–H groups in total. The van der Waals surface area contributed by atoms with E-state index in [1.54, 1.807) is 14.0 Å². The fourth-order valence-corrected chi connectivity index (χ4v) is 14.0. The number of carbonyl (C=O) groups is 3. The second-order valence-corrected chi connectivity index (χ2v) is 18.6. The van der Waals surface area contributed by atoms with Crippen LogP contribution >= 0.6 is 0 Å². The number of likely N-dealkylation sites (N-methyl/N-ethyl adjacent to an activating group) is 1. The van der Waals surface area contributed by atoms with Gasteiger partial charge in [-0.1, -0.05) is 50.3 Å². The van der Waals surface area contributed by atoms with Crippen molar-refractivity contribution in [2.24, 2.45) is 22.7 Å². The number of nitrogens with one attached hydrogen (secondary N) is 1. The zero-order valence-electron chi connectivity index (χ0n) is 35.0. The first kappa shape index (κ1) is 39.6. The van der Waals surface area contributed by atoms with Crippen molar-refractivity contribution in [1.29, 1.82) is 0 Å². The molecular formula is C46H60N4O8. The number of piperidine rings is 1. The molecule has 3 saturated heterocycles. The lowest BCUT2D eigenvalue weighted by Gasteiger charge is -2.63. The van der Waals surface area contributed by atoms with E-state index >= 15 is 4.79 Å². The van der Waals surface area contributed by atoms with Crippen LogP contribution in [0.15, 0.2) is 59.8 Å². The van der Waals surface area contributed by atoms with Crippen LogP contribution in [0.5, 0.6) is 0 Å². The van der Waals surface area contributed by atoms with Crippen LogP contribution in [0.4, 0.5) is 0 Å². The van der Waals surface area contributed by atoms with E-state index in [4.69, 9.17) is 14.2 Å². The summed E-state index contributed by atoms with van der Waals surface area (Å²) in [6, 6.07) is 7.18. The van der Waals surface area contributed by atoms with Crippen LogP contribution in [0.3, 0.4) is 0 Å². The van der Waals surface area contributed by atoms with E-state index in [0.29, 0.717) is 58.2 Å². The number of esters is 2. The van der Waals surface area contributed by atoms with Crippen LogP contribution in [0.1, 0.15) is 71.1 Å². The number of rotatable bonds is 7. The molecule has 4 fully saturated rings. The molecule has 58 heavy (non-hydrogen) atoms. The quantitative estimate of drug-likeness (QED) is 0.276. The van der Waals surface area contributed by atoms with Crippen molar-refractivity contribution in [1.82, 2.24) is 19.7 Å². The van der Waals surface area contributed by atoms with Crippen LogP contribution in [0.25, 0.3) is 10.9 Å². The Kier molecular flexibility index (Phi) is 9.30. The number of carbonyl (C=O) groups excluding carboxylic acids is 3. The number of methoxy groups -OCH3 is 2. The molecule has 0 radical (unpaired) electrons. The van der Waals surface area contributed by atoms with Crippen LogP contribution in [0.2, 0.25) is 0 Å². The number of aliphatic hydroxyl groups is 2. The Balaban J connectivity index is 1.32. The zero-order valence-corrected chi connectivity index (χ0v) is 35.0. The molecule has 0 amide bonds. The van der Waals surface area contributed by atoms with Crippen molar-refractivity contribution in [2.75, 3.05) is 54.0 Å². The number of aromatic nitrogens is 1. The number of Topliss-reactive ketones (excluding diaryl/α,β-unsaturated/α-hetero) is 1. The molecule has 1 aromatic carbocycles. The molecule has 1 aromatic heterocycles. The topological polar surface area (TPSA) is 145 Å². The lowest BCUT2D eigenvalue weighted by atomic mass is 9.47. The molecule has 2 aromatic rings. The number of allylic oxidation sites excluding steroid dienone is 1. The number of nitrogens with zero attached hydrogens (tertiary/aromatic N) is 3. The normalized spacial score (nSPS) is 41.5. The Morgan fingerprint density at radius 1 is 1.00 bits per heavy atom. The molecule has 312 valence electrons. The van der Waals surface area contributed by atoms with Crippen molar-refractivity contribution in [3.05, 3.63) is 71.1 Å². The number of para-hydroxylation sites is 1. The third-order valence-corrected chi connectivity index (χ3v) is 16.1. The van der Waals surface area contributed by atoms with Gasteiger partial charge in [0.1, 0.15) is 5.78 Å². The van der Waals surface area contributed by atoms with Crippen LogP contribution < -0.4 is 0 Å². The van der Waals surface area contributed by atoms with Gasteiger partial charge in [-0.2, -0.15) is 0 Å². The summed E-state index contributed by atoms with van der Waals surface area (Å²) in [5, 5.41) is 26.4. The monoisotopic (exact) mass is 796 g/mol. The predicted molar refractivity (Wildman–Crippen MR) is 218 cm³/mol. The summed E-state index contributed by atoms with van der Waals surface area (Å²) < 4.78 is 18.2. The van der Waals surface area contributed by atoms with Gasteiger partial charge in [-0.15, -0.1) is 0 Å². The SMILES string of the molecule is CCC12C=CCN3CC[C@@]4(C5=C[C@@H]([C@@]6(C(C)=O)CC7CN(CCc8c6[nH]c6ccccc86)C[C@](O)(CC)C7)C(OC)C=C5N(C)[C@H]4[C@@](O)(C(=O)OC)[C@@H]1OC(C)=O)C32. The van der Waals surface area contributed by atoms with E-state index in [9.17, 15) is 19.8 Å². The van der Waals surface area contributed by atoms with Gasteiger partial charge in [0.2, 0.25) is 5.60 Å². The smallest absolute Gasteiger partial charge is 0.344 e. The average molecular weight is 797 g/mol. The Labute approximate surface area is 341 Å². The highest BCUT2D eigenvalue weighted by Crippen LogP contribution is 2.70. The number of likely N-dealkylation sites (tertiary alicyclic amines) is 1. The number of aromatic amines is 1. The lowest BCUT2D eigenvalue weighted by Crippen LogP contribution is -2.79. The van der Waals surface area contributed by atoms with Gasteiger partial charge in [-0.05, 0) is 81.2 Å². The molecule has 7 aliphatic rings. The van der Waals surface area contributed by atoms with Crippen LogP contribution in [0, 0.1) is 22.7 Å². The van der Waals surface area contributed by atoms with E-state index in [-0.39, 0.29) is 17.7 Å². The fourth-order valence-electron chi connectivity index (χ4n) is 14.0. The van der Waals surface area contributed by atoms with Crippen molar-refractivity contribution >= 4 is 28.6 Å². The Morgan fingerprint density at radius 3 is 2.47 bits per heavy atom. The maximum Gasteiger partial charge on any atom is 0.344 e. The van der Waals surface area contributed by atoms with Gasteiger partial charge < -0.3 is 34.3 Å². The standard InChI is InChI=1S/C46H60N4O8/c1-8-42(54)23-29-24-45(27(3)51,37-31(15-19-49(25-29)26-42)30-13-10-11-14-34(30)47-37)33-21-32-35(22-36(33)56-6)48(5)39-44(32)17-20-50-18-12-16-43(9-2,38(44)50)40(58-28(4)52)46(39,55)41(53)57-7/h10-14,16,21-22,29,33,36,38-40,47,54-55H,8-9,15,17-20,23-26H2,1-7H3/t29?,33-,36?,38?,39-,40-,42+,43?,44-,45+,46+/m1/s1. The molecule has 2 bridgehead atoms. The van der Waals surface area contributed by atoms with Gasteiger partial charge in [0.05, 0.1) is 30.3 Å². The maximum atomic E-state index is 15.2. The maximum absolute atomic E-state index is 15.2. The molecule has 12 atom stereocenters. The summed E-state index contributed by atoms with van der Waals surface area (Å²) in [6.45, 7) is 10.7. The highest BCUT2D eigenvalue weighted by Gasteiger charge is 2.81. The second kappa shape index (κ2) is 13.6. The predicted octanol–water partition coefficient (Wildman–Crippen LogP) is 4.05. The highest BCUT2D eigenvalue weighted by molar-refractivity contribution is 5.94. The zero-order chi connectivity index (χ0) is 41.2. The van der Waals surface area contributed by atoms with Gasteiger partial charge in [0.25, 0.3) is 0 Å². The summed E-state index contributed by atoms with van der Waals surface area (Å²) in [6.07, 6.45) is 10.3. The van der Waals surface area contributed by atoms with Crippen molar-refractivity contribution < 1.29 is 38.8 Å². The first-order valence-electron chi connectivity index (χ1n) is 21.3. The molecule has 1 spiro atoms. The number of hydrogen-bond donors (Lipinski definition) is 3. The molecule has 12 nitrogen and oxygen atoms in total. The molecule has 6 heterocycles. The number of fused-ring (bicyclic) bond motifs is 6. The second-order valence-electron chi connectivity index (χ2n) is 18.6. The highest BCUT2D eigenvalue weighted by atomic mass is 16.6. The third kappa shape index (κ3) is 5.07. The average Bonchev–Trinajstić information content (AvgIpc) is 3.87. The largest absolute Gasteiger partial charge is 0.467 e. The Morgan fingerprint density at radius 2 is 1.78 bits per heavy atom. The third-order valence-electron chi connectivity index (χ3n) is 16.1. The Hall–Kier alpha value is -3.81. The first-order valence-corrected chi connectivity index (χ1v) is 21.3. The number of benzene rings is 1. The first-order chi connectivity index (χ1) is 27.7. The van der Waals surface area contributed by atoms with Gasteiger partial charge in [-0.25, -0.2) is 4.79 Å². The van der Waals surface area contributed by atoms with Crippen LogP contribution in [-0.2, 0) is 40.4 Å². The van der Waals surface area contributed by atoms with Crippen molar-refractivity contribution in [2.45, 2.75) is 107 Å². The molecule has 9 rings (SSSR count). The van der Waals surface area contributed by atoms with E-state index in [1.165, 1.54) is 14.0 Å². The summed E-state index contributed by atoms with van der Waals surface area (Å²) >= 11 is 0. The fraction of sp³-hybridized carbons (Fsp3) is 0.630. The summed E-state index contributed by atoms with van der Waals surface area (Å²) in [4.78, 5) is 53.2. The lowest BCUT2D eigenvalue weighted by molar-refractivity contribution is -0.243. The summed E-state index contributed by atoms with van der Waals surface area (Å²) in [7, 11) is 4.87. The molecule has 5 unspecified atom stereocenters. The molecule has 5 aliphatic heterocycles. The van der Waals surface area contributed by atoms with E-state index in [0.717, 1.165) is 46.5 Å². The van der Waals surface area contributed by atoms with Crippen molar-refractivity contribution in [3.63, 3.8) is 0 Å².